The van der Waals surface area contributed by atoms with Crippen molar-refractivity contribution in [1.29, 1.82) is 0 Å². The highest BCUT2D eigenvalue weighted by atomic mass is 16.5. The average Bonchev–Trinajstić information content (AvgIpc) is 3.41. The van der Waals surface area contributed by atoms with Crippen LogP contribution in [0, 0.1) is 0 Å². The van der Waals surface area contributed by atoms with E-state index in [-0.39, 0.29) is 12.7 Å². The van der Waals surface area contributed by atoms with Gasteiger partial charge in [-0.05, 0) is 42.7 Å². The number of hydrogen-bond acceptors (Lipinski definition) is 9. The molecule has 1 aliphatic heterocycles. The third-order valence-electron chi connectivity index (χ3n) is 6.50. The summed E-state index contributed by atoms with van der Waals surface area (Å²) in [6.07, 6.45) is 2.61. The number of rotatable bonds is 10. The van der Waals surface area contributed by atoms with Gasteiger partial charge in [0.25, 0.3) is 5.91 Å². The number of fused-ring (bicyclic) bond motifs is 2. The number of methoxy groups -OCH3 is 4. The number of hydrogen-bond donors (Lipinski definition) is 2. The number of hydrazone groups is 1. The summed E-state index contributed by atoms with van der Waals surface area (Å²) in [6, 6.07) is 14.9. The van der Waals surface area contributed by atoms with Gasteiger partial charge in [0.2, 0.25) is 5.75 Å². The highest BCUT2D eigenvalue weighted by Crippen LogP contribution is 2.45. The molecule has 5 rings (SSSR count). The van der Waals surface area contributed by atoms with Gasteiger partial charge in [-0.15, -0.1) is 0 Å². The highest BCUT2D eigenvalue weighted by molar-refractivity contribution is 5.85. The Bertz CT molecular complexity index is 1490. The van der Waals surface area contributed by atoms with E-state index in [0.29, 0.717) is 46.7 Å². The lowest BCUT2D eigenvalue weighted by Crippen LogP contribution is -2.24. The van der Waals surface area contributed by atoms with Gasteiger partial charge in [0.1, 0.15) is 23.4 Å². The van der Waals surface area contributed by atoms with Crippen molar-refractivity contribution >= 4 is 23.2 Å². The molecule has 0 spiro atoms. The first-order valence-electron chi connectivity index (χ1n) is 12.6. The van der Waals surface area contributed by atoms with E-state index in [0.717, 1.165) is 28.6 Å². The number of carbonyl (C=O) groups is 1. The van der Waals surface area contributed by atoms with Crippen molar-refractivity contribution in [1.82, 2.24) is 15.4 Å². The first-order chi connectivity index (χ1) is 19.5. The van der Waals surface area contributed by atoms with Crippen LogP contribution in [0.4, 0.5) is 0 Å². The Morgan fingerprint density at radius 1 is 1.05 bits per heavy atom. The van der Waals surface area contributed by atoms with Gasteiger partial charge in [0, 0.05) is 17.7 Å². The molecule has 1 aliphatic rings. The molecule has 3 aromatic carbocycles. The number of para-hydroxylation sites is 2. The maximum absolute atomic E-state index is 12.4. The first-order valence-corrected chi connectivity index (χ1v) is 12.6. The van der Waals surface area contributed by atoms with Crippen molar-refractivity contribution in [2.45, 2.75) is 18.9 Å². The molecule has 0 saturated carbocycles. The van der Waals surface area contributed by atoms with E-state index in [9.17, 15) is 4.79 Å². The van der Waals surface area contributed by atoms with Crippen molar-refractivity contribution in [2.24, 2.45) is 5.10 Å². The Kier molecular flexibility index (Phi) is 7.90. The van der Waals surface area contributed by atoms with Gasteiger partial charge in [-0.3, -0.25) is 4.79 Å². The topological polar surface area (TPSA) is 126 Å². The summed E-state index contributed by atoms with van der Waals surface area (Å²) in [5, 5.41) is 3.96. The molecule has 2 heterocycles. The Morgan fingerprint density at radius 2 is 1.80 bits per heavy atom. The maximum atomic E-state index is 12.4. The molecular formula is C29H30N4O7. The third-order valence-corrected chi connectivity index (χ3v) is 6.50. The first kappa shape index (κ1) is 26.7. The maximum Gasteiger partial charge on any atom is 0.277 e. The van der Waals surface area contributed by atoms with E-state index < -0.39 is 5.91 Å². The van der Waals surface area contributed by atoms with Crippen molar-refractivity contribution < 1.29 is 33.2 Å². The van der Waals surface area contributed by atoms with E-state index in [1.807, 2.05) is 36.4 Å². The molecular weight excluding hydrogens is 516 g/mol. The molecule has 40 heavy (non-hydrogen) atoms. The van der Waals surface area contributed by atoms with Gasteiger partial charge in [-0.2, -0.15) is 5.10 Å². The fourth-order valence-electron chi connectivity index (χ4n) is 4.60. The normalized spacial score (nSPS) is 14.3. The number of ether oxygens (including phenoxy) is 6. The number of benzene rings is 3. The third kappa shape index (κ3) is 5.58. The van der Waals surface area contributed by atoms with Crippen LogP contribution in [-0.4, -0.2) is 57.1 Å². The van der Waals surface area contributed by atoms with Gasteiger partial charge in [0.15, 0.2) is 23.9 Å². The summed E-state index contributed by atoms with van der Waals surface area (Å²) in [5.74, 6) is 3.38. The molecule has 0 bridgehead atoms. The highest BCUT2D eigenvalue weighted by Gasteiger charge is 2.27. The minimum atomic E-state index is -0.430. The number of imidazole rings is 1. The van der Waals surface area contributed by atoms with E-state index in [4.69, 9.17) is 28.4 Å². The van der Waals surface area contributed by atoms with Crippen LogP contribution in [0.5, 0.6) is 34.5 Å². The second-order valence-corrected chi connectivity index (χ2v) is 8.93. The van der Waals surface area contributed by atoms with Gasteiger partial charge in [0.05, 0.1) is 45.7 Å². The number of nitrogens with one attached hydrogen (secondary N) is 2. The van der Waals surface area contributed by atoms with Crippen LogP contribution in [0.2, 0.25) is 0 Å². The predicted molar refractivity (Wildman–Crippen MR) is 148 cm³/mol. The molecule has 0 saturated heterocycles. The van der Waals surface area contributed by atoms with E-state index in [1.54, 1.807) is 40.6 Å². The second kappa shape index (κ2) is 11.9. The fraction of sp³-hybridized carbons (Fsp3) is 0.276. The molecule has 1 amide bonds. The van der Waals surface area contributed by atoms with Gasteiger partial charge >= 0.3 is 0 Å². The zero-order valence-corrected chi connectivity index (χ0v) is 22.6. The molecule has 11 nitrogen and oxygen atoms in total. The number of carbonyl (C=O) groups excluding carboxylic acids is 1. The Morgan fingerprint density at radius 3 is 2.50 bits per heavy atom. The lowest BCUT2D eigenvalue weighted by atomic mass is 9.96. The second-order valence-electron chi connectivity index (χ2n) is 8.93. The number of nitrogens with zero attached hydrogens (tertiary/aromatic N) is 2. The smallest absolute Gasteiger partial charge is 0.277 e. The van der Waals surface area contributed by atoms with Gasteiger partial charge < -0.3 is 33.4 Å². The zero-order valence-electron chi connectivity index (χ0n) is 22.6. The standard InChI is InChI=1S/C29H30N4O7/c1-35-23-13-18(39-16-28(34)33-30-15-27-31-20-7-5-6-8-21(20)32-27)14-24-19(23)9-10-22(40-24)17-11-25(36-2)29(38-4)26(12-17)37-3/h5-8,11-15,22H,9-10,16H2,1-4H3,(H,31,32)(H,33,34)/b30-15+. The summed E-state index contributed by atoms with van der Waals surface area (Å²) in [5.41, 5.74) is 5.95. The van der Waals surface area contributed by atoms with E-state index in [2.05, 4.69) is 20.5 Å². The summed E-state index contributed by atoms with van der Waals surface area (Å²) < 4.78 is 34.2. The predicted octanol–water partition coefficient (Wildman–Crippen LogP) is 4.19. The molecule has 1 aromatic heterocycles. The minimum Gasteiger partial charge on any atom is -0.496 e. The Hall–Kier alpha value is -4.93. The van der Waals surface area contributed by atoms with Crippen LogP contribution in [0.25, 0.3) is 11.0 Å². The molecule has 0 radical (unpaired) electrons. The van der Waals surface area contributed by atoms with Crippen LogP contribution in [0.1, 0.15) is 29.5 Å². The molecule has 0 aliphatic carbocycles. The number of aromatic nitrogens is 2. The van der Waals surface area contributed by atoms with Crippen molar-refractivity contribution in [3.63, 3.8) is 0 Å². The van der Waals surface area contributed by atoms with Crippen LogP contribution in [-0.2, 0) is 11.2 Å². The lowest BCUT2D eigenvalue weighted by Gasteiger charge is -2.29. The summed E-state index contributed by atoms with van der Waals surface area (Å²) >= 11 is 0. The largest absolute Gasteiger partial charge is 0.496 e. The van der Waals surface area contributed by atoms with E-state index in [1.165, 1.54) is 6.21 Å². The SMILES string of the molecule is COc1cc(OCC(=O)N/N=C/c2nc3ccccc3[nH]2)cc2c1CCC(c1cc(OC)c(OC)c(OC)c1)O2. The number of amides is 1. The quantitative estimate of drug-likeness (QED) is 0.224. The number of H-pyrrole nitrogens is 1. The zero-order chi connectivity index (χ0) is 28.1. The van der Waals surface area contributed by atoms with Crippen LogP contribution in [0.3, 0.4) is 0 Å². The van der Waals surface area contributed by atoms with Crippen molar-refractivity contribution in [2.75, 3.05) is 35.0 Å². The summed E-state index contributed by atoms with van der Waals surface area (Å²) in [7, 11) is 6.30. The lowest BCUT2D eigenvalue weighted by molar-refractivity contribution is -0.123. The molecule has 2 N–H and O–H groups in total. The van der Waals surface area contributed by atoms with E-state index >= 15 is 0 Å². The van der Waals surface area contributed by atoms with Gasteiger partial charge in [-0.1, -0.05) is 12.1 Å². The van der Waals surface area contributed by atoms with Gasteiger partial charge in [-0.25, -0.2) is 10.4 Å². The molecule has 208 valence electrons. The van der Waals surface area contributed by atoms with Crippen LogP contribution < -0.4 is 33.8 Å². The molecule has 0 fully saturated rings. The molecule has 1 unspecified atom stereocenters. The molecule has 1 atom stereocenters. The van der Waals surface area contributed by atoms with Crippen molar-refractivity contribution in [3.05, 3.63) is 65.5 Å². The summed E-state index contributed by atoms with van der Waals surface area (Å²) in [6.45, 7) is -0.254. The molecule has 11 heteroatoms. The Balaban J connectivity index is 1.26. The van der Waals surface area contributed by atoms with Crippen LogP contribution >= 0.6 is 0 Å². The Labute approximate surface area is 231 Å². The van der Waals surface area contributed by atoms with Crippen LogP contribution in [0.15, 0.2) is 53.6 Å². The number of aromatic amines is 1. The fourth-order valence-corrected chi connectivity index (χ4v) is 4.60. The van der Waals surface area contributed by atoms with Crippen molar-refractivity contribution in [3.8, 4) is 34.5 Å². The minimum absolute atomic E-state index is 0.254. The monoisotopic (exact) mass is 546 g/mol. The molecule has 4 aromatic rings. The average molecular weight is 547 g/mol. The summed E-state index contributed by atoms with van der Waals surface area (Å²) in [4.78, 5) is 19.9.